The molecule has 1 fully saturated rings. The second-order valence-electron chi connectivity index (χ2n) is 11.3. The molecule has 0 heterocycles. The van der Waals surface area contributed by atoms with Crippen molar-refractivity contribution in [3.63, 3.8) is 0 Å². The predicted molar refractivity (Wildman–Crippen MR) is 149 cm³/mol. The third-order valence-corrected chi connectivity index (χ3v) is 8.11. The summed E-state index contributed by atoms with van der Waals surface area (Å²) in [5.74, 6) is -0.145. The van der Waals surface area contributed by atoms with Gasteiger partial charge in [0.15, 0.2) is 0 Å². The smallest absolute Gasteiger partial charge is 0.126 e. The summed E-state index contributed by atoms with van der Waals surface area (Å²) in [5, 5.41) is 18.6. The minimum absolute atomic E-state index is 0.0669. The fourth-order valence-corrected chi connectivity index (χ4v) is 5.71. The fourth-order valence-electron chi connectivity index (χ4n) is 5.28. The van der Waals surface area contributed by atoms with Gasteiger partial charge in [0.25, 0.3) is 0 Å². The highest BCUT2D eigenvalue weighted by Crippen LogP contribution is 2.38. The van der Waals surface area contributed by atoms with Crippen LogP contribution in [0.3, 0.4) is 0 Å². The molecule has 36 heavy (non-hydrogen) atoms. The molecule has 0 aromatic heterocycles. The zero-order valence-electron chi connectivity index (χ0n) is 22.4. The lowest BCUT2D eigenvalue weighted by atomic mass is 9.74. The summed E-state index contributed by atoms with van der Waals surface area (Å²) >= 11 is 1.78. The van der Waals surface area contributed by atoms with E-state index in [1.807, 2.05) is 0 Å². The Hall–Kier alpha value is -1.47. The molecule has 200 valence electrons. The molecule has 0 spiro atoms. The van der Waals surface area contributed by atoms with Gasteiger partial charge < -0.3 is 15.7 Å². The van der Waals surface area contributed by atoms with Crippen LogP contribution in [0.1, 0.15) is 76.0 Å². The Bertz CT molecular complexity index is 936. The zero-order valence-corrected chi connectivity index (χ0v) is 23.2. The molecule has 0 bridgehead atoms. The molecule has 3 N–H and O–H groups in total. The molecule has 1 aliphatic carbocycles. The summed E-state index contributed by atoms with van der Waals surface area (Å²) in [6.07, 6.45) is 8.32. The highest BCUT2D eigenvalue weighted by molar-refractivity contribution is 7.98. The van der Waals surface area contributed by atoms with Crippen molar-refractivity contribution in [2.75, 3.05) is 25.1 Å². The van der Waals surface area contributed by atoms with Crippen LogP contribution >= 0.6 is 11.8 Å². The van der Waals surface area contributed by atoms with E-state index in [0.717, 1.165) is 50.5 Å². The molecule has 2 aromatic carbocycles. The van der Waals surface area contributed by atoms with Gasteiger partial charge >= 0.3 is 0 Å². The summed E-state index contributed by atoms with van der Waals surface area (Å²) in [6.45, 7) is 7.87. The monoisotopic (exact) mass is 518 g/mol. The minimum Gasteiger partial charge on any atom is -0.390 e. The maximum Gasteiger partial charge on any atom is 0.126 e. The van der Waals surface area contributed by atoms with Gasteiger partial charge in [-0.1, -0.05) is 64.3 Å². The second-order valence-corrected chi connectivity index (χ2v) is 12.3. The van der Waals surface area contributed by atoms with Crippen molar-refractivity contribution >= 4 is 11.8 Å². The number of thioether (sulfide) groups is 1. The number of aliphatic hydroxyl groups is 1. The molecule has 2 atom stereocenters. The highest BCUT2D eigenvalue weighted by Gasteiger charge is 2.35. The number of nitrogens with one attached hydrogen (secondary N) is 2. The molecule has 2 aromatic rings. The molecule has 3 nitrogen and oxygen atoms in total. The number of hydrogen-bond donors (Lipinski definition) is 3. The van der Waals surface area contributed by atoms with E-state index in [0.29, 0.717) is 18.5 Å². The predicted octanol–water partition coefficient (Wildman–Crippen LogP) is 6.33. The van der Waals surface area contributed by atoms with Gasteiger partial charge in [-0.15, -0.1) is 0 Å². The van der Waals surface area contributed by atoms with E-state index in [4.69, 9.17) is 0 Å². The first-order valence-electron chi connectivity index (χ1n) is 13.3. The molecule has 0 saturated heterocycles. The lowest BCUT2D eigenvalue weighted by molar-refractivity contribution is 0.103. The Balaban J connectivity index is 1.77. The number of aliphatic hydroxyl groups excluding tert-OH is 1. The van der Waals surface area contributed by atoms with Gasteiger partial charge in [0, 0.05) is 24.2 Å². The molecular formula is C30H44F2N2OS. The Labute approximate surface area is 220 Å². The van der Waals surface area contributed by atoms with Crippen LogP contribution < -0.4 is 10.6 Å². The number of rotatable bonds is 12. The maximum atomic E-state index is 13.8. The summed E-state index contributed by atoms with van der Waals surface area (Å²) in [6, 6.07) is 12.2. The highest BCUT2D eigenvalue weighted by atomic mass is 32.2. The Morgan fingerprint density at radius 1 is 1.03 bits per heavy atom. The molecular weight excluding hydrogens is 474 g/mol. The van der Waals surface area contributed by atoms with Crippen LogP contribution in [0.4, 0.5) is 8.78 Å². The van der Waals surface area contributed by atoms with Gasteiger partial charge in [0.2, 0.25) is 0 Å². The van der Waals surface area contributed by atoms with Gasteiger partial charge in [0.05, 0.1) is 6.10 Å². The molecule has 3 rings (SSSR count). The van der Waals surface area contributed by atoms with Crippen molar-refractivity contribution in [1.29, 1.82) is 0 Å². The fraction of sp³-hybridized carbons (Fsp3) is 0.600. The average Bonchev–Trinajstić information content (AvgIpc) is 2.84. The molecule has 0 radical (unpaired) electrons. The van der Waals surface area contributed by atoms with Crippen LogP contribution in [0, 0.1) is 11.6 Å². The van der Waals surface area contributed by atoms with Gasteiger partial charge in [-0.3, -0.25) is 0 Å². The first kappa shape index (κ1) is 29.1. The number of hydrogen-bond acceptors (Lipinski definition) is 4. The van der Waals surface area contributed by atoms with Crippen molar-refractivity contribution in [2.45, 2.75) is 88.8 Å². The van der Waals surface area contributed by atoms with Crippen LogP contribution in [0.25, 0.3) is 0 Å². The van der Waals surface area contributed by atoms with Crippen LogP contribution in [-0.2, 0) is 17.4 Å². The average molecular weight is 519 g/mol. The number of halogens is 2. The zero-order chi connectivity index (χ0) is 26.2. The van der Waals surface area contributed by atoms with E-state index >= 15 is 0 Å². The Morgan fingerprint density at radius 2 is 1.72 bits per heavy atom. The van der Waals surface area contributed by atoms with Crippen LogP contribution in [0.5, 0.6) is 0 Å². The molecule has 0 amide bonds. The van der Waals surface area contributed by atoms with Crippen molar-refractivity contribution in [3.05, 3.63) is 70.8 Å². The summed E-state index contributed by atoms with van der Waals surface area (Å²) in [4.78, 5) is 0. The van der Waals surface area contributed by atoms with E-state index < -0.39 is 17.7 Å². The third-order valence-electron chi connectivity index (χ3n) is 7.41. The van der Waals surface area contributed by atoms with Crippen LogP contribution in [0.2, 0.25) is 0 Å². The lowest BCUT2D eigenvalue weighted by Crippen LogP contribution is -2.52. The van der Waals surface area contributed by atoms with Crippen molar-refractivity contribution in [2.24, 2.45) is 0 Å². The largest absolute Gasteiger partial charge is 0.390 e. The standard InChI is InChI=1S/C30H44F2N2OS/c1-29(2,3)23-10-8-11-24(19-23)30(12-6-5-7-13-30)34-21-28(35)27(33-14-9-15-36-4)18-22-16-25(31)20-26(32)17-22/h8,10-11,16-17,19-20,27-28,33-35H,5-7,9,12-15,18,21H2,1-4H3. The van der Waals surface area contributed by atoms with Crippen molar-refractivity contribution < 1.29 is 13.9 Å². The lowest BCUT2D eigenvalue weighted by Gasteiger charge is -2.41. The Morgan fingerprint density at radius 3 is 2.36 bits per heavy atom. The minimum atomic E-state index is -0.699. The molecule has 1 saturated carbocycles. The maximum absolute atomic E-state index is 13.8. The van der Waals surface area contributed by atoms with E-state index in [9.17, 15) is 13.9 Å². The quantitative estimate of drug-likeness (QED) is 0.288. The van der Waals surface area contributed by atoms with Crippen LogP contribution in [0.15, 0.2) is 42.5 Å². The van der Waals surface area contributed by atoms with Gasteiger partial charge in [-0.05, 0) is 78.5 Å². The van der Waals surface area contributed by atoms with Crippen molar-refractivity contribution in [1.82, 2.24) is 10.6 Å². The first-order valence-corrected chi connectivity index (χ1v) is 14.7. The summed E-state index contributed by atoms with van der Waals surface area (Å²) in [5.41, 5.74) is 3.05. The number of benzene rings is 2. The molecule has 6 heteroatoms. The second kappa shape index (κ2) is 13.4. The van der Waals surface area contributed by atoms with E-state index in [2.05, 4.69) is 61.9 Å². The first-order chi connectivity index (χ1) is 17.1. The van der Waals surface area contributed by atoms with Crippen molar-refractivity contribution in [3.8, 4) is 0 Å². The van der Waals surface area contributed by atoms with Gasteiger partial charge in [-0.25, -0.2) is 8.78 Å². The normalized spacial score (nSPS) is 17.6. The summed E-state index contributed by atoms with van der Waals surface area (Å²) < 4.78 is 27.7. The molecule has 1 aliphatic rings. The SMILES string of the molecule is CSCCCNC(Cc1cc(F)cc(F)c1)C(O)CNC1(c2cccc(C(C)(C)C)c2)CCCCC1. The third kappa shape index (κ3) is 8.27. The van der Waals surface area contributed by atoms with E-state index in [-0.39, 0.29) is 17.0 Å². The molecule has 2 unspecified atom stereocenters. The van der Waals surface area contributed by atoms with Crippen LogP contribution in [-0.4, -0.2) is 42.4 Å². The van der Waals surface area contributed by atoms with Gasteiger partial charge in [-0.2, -0.15) is 11.8 Å². The Kier molecular flexibility index (Phi) is 10.8. The van der Waals surface area contributed by atoms with Gasteiger partial charge in [0.1, 0.15) is 11.6 Å². The van der Waals surface area contributed by atoms with E-state index in [1.165, 1.54) is 29.7 Å². The topological polar surface area (TPSA) is 44.3 Å². The molecule has 0 aliphatic heterocycles. The summed E-state index contributed by atoms with van der Waals surface area (Å²) in [7, 11) is 0. The van der Waals surface area contributed by atoms with E-state index in [1.54, 1.807) is 11.8 Å².